The summed E-state index contributed by atoms with van der Waals surface area (Å²) in [6, 6.07) is 14.5. The highest BCUT2D eigenvalue weighted by Gasteiger charge is 2.16. The number of anilines is 1. The molecule has 1 amide bonds. The molecule has 2 aromatic rings. The van der Waals surface area contributed by atoms with Crippen molar-refractivity contribution >= 4 is 39.1 Å². The fourth-order valence-corrected chi connectivity index (χ4v) is 2.30. The van der Waals surface area contributed by atoms with Gasteiger partial charge in [0.15, 0.2) is 6.10 Å². The number of amides is 1. The molecule has 0 aliphatic heterocycles. The van der Waals surface area contributed by atoms with E-state index in [2.05, 4.69) is 21.2 Å². The van der Waals surface area contributed by atoms with Crippen LogP contribution in [0.2, 0.25) is 5.02 Å². The van der Waals surface area contributed by atoms with Crippen LogP contribution in [0.3, 0.4) is 0 Å². The Morgan fingerprint density at radius 1 is 1.25 bits per heavy atom. The molecule has 0 aliphatic carbocycles. The topological polar surface area (TPSA) is 38.3 Å². The van der Waals surface area contributed by atoms with Crippen LogP contribution >= 0.6 is 27.5 Å². The predicted molar refractivity (Wildman–Crippen MR) is 84.3 cm³/mol. The highest BCUT2D eigenvalue weighted by molar-refractivity contribution is 9.10. The van der Waals surface area contributed by atoms with Crippen molar-refractivity contribution in [2.24, 2.45) is 0 Å². The van der Waals surface area contributed by atoms with Crippen LogP contribution in [0.1, 0.15) is 6.92 Å². The number of rotatable bonds is 4. The summed E-state index contributed by atoms with van der Waals surface area (Å²) in [5.41, 5.74) is 0.559. The normalized spacial score (nSPS) is 11.8. The first-order valence-electron chi connectivity index (χ1n) is 6.04. The molecule has 0 heterocycles. The lowest BCUT2D eigenvalue weighted by Crippen LogP contribution is -2.30. The second kappa shape index (κ2) is 6.77. The summed E-state index contributed by atoms with van der Waals surface area (Å²) in [6.45, 7) is 1.69. The molecular weight excluding hydrogens is 342 g/mol. The van der Waals surface area contributed by atoms with Crippen LogP contribution in [0.15, 0.2) is 53.0 Å². The number of hydrogen-bond donors (Lipinski definition) is 1. The molecular formula is C15H13BrClNO2. The molecule has 0 unspecified atom stereocenters. The average molecular weight is 355 g/mol. The molecule has 0 saturated carbocycles. The number of benzene rings is 2. The number of carbonyl (C=O) groups is 1. The van der Waals surface area contributed by atoms with Gasteiger partial charge in [0.25, 0.3) is 5.91 Å². The number of para-hydroxylation sites is 1. The van der Waals surface area contributed by atoms with E-state index in [-0.39, 0.29) is 5.91 Å². The van der Waals surface area contributed by atoms with Crippen molar-refractivity contribution in [3.8, 4) is 5.75 Å². The van der Waals surface area contributed by atoms with Crippen LogP contribution < -0.4 is 10.1 Å². The van der Waals surface area contributed by atoms with Gasteiger partial charge in [0.05, 0.1) is 10.7 Å². The Hall–Kier alpha value is -1.52. The van der Waals surface area contributed by atoms with Gasteiger partial charge in [0, 0.05) is 4.47 Å². The van der Waals surface area contributed by atoms with E-state index < -0.39 is 6.10 Å². The first-order valence-corrected chi connectivity index (χ1v) is 7.21. The lowest BCUT2D eigenvalue weighted by molar-refractivity contribution is -0.122. The molecule has 0 radical (unpaired) electrons. The van der Waals surface area contributed by atoms with Gasteiger partial charge < -0.3 is 10.1 Å². The molecule has 104 valence electrons. The monoisotopic (exact) mass is 353 g/mol. The third-order valence-electron chi connectivity index (χ3n) is 2.61. The van der Waals surface area contributed by atoms with Crippen LogP contribution in [-0.4, -0.2) is 12.0 Å². The summed E-state index contributed by atoms with van der Waals surface area (Å²) in [7, 11) is 0. The maximum absolute atomic E-state index is 12.0. The van der Waals surface area contributed by atoms with Gasteiger partial charge in [-0.1, -0.05) is 45.7 Å². The van der Waals surface area contributed by atoms with Gasteiger partial charge in [-0.3, -0.25) is 4.79 Å². The smallest absolute Gasteiger partial charge is 0.265 e. The van der Waals surface area contributed by atoms with E-state index >= 15 is 0 Å². The molecule has 0 aromatic heterocycles. The van der Waals surface area contributed by atoms with Crippen molar-refractivity contribution in [3.05, 3.63) is 58.0 Å². The zero-order valence-corrected chi connectivity index (χ0v) is 13.1. The van der Waals surface area contributed by atoms with E-state index in [1.165, 1.54) is 0 Å². The third kappa shape index (κ3) is 3.99. The minimum Gasteiger partial charge on any atom is -0.481 e. The maximum Gasteiger partial charge on any atom is 0.265 e. The molecule has 0 spiro atoms. The Morgan fingerprint density at radius 3 is 2.60 bits per heavy atom. The van der Waals surface area contributed by atoms with Crippen molar-refractivity contribution in [2.75, 3.05) is 5.32 Å². The summed E-state index contributed by atoms with van der Waals surface area (Å²) in [4.78, 5) is 12.0. The first-order chi connectivity index (χ1) is 9.56. The lowest BCUT2D eigenvalue weighted by Gasteiger charge is -2.15. The van der Waals surface area contributed by atoms with Crippen LogP contribution in [0.4, 0.5) is 5.69 Å². The minimum atomic E-state index is -0.614. The molecule has 2 aromatic carbocycles. The van der Waals surface area contributed by atoms with Gasteiger partial charge in [-0.15, -0.1) is 0 Å². The number of ether oxygens (including phenoxy) is 1. The standard InChI is InChI=1S/C15H13BrClNO2/c1-10(20-12-5-3-2-4-6-12)15(19)18-14-8-7-11(16)9-13(14)17/h2-10H,1H3,(H,18,19)/t10-/m1/s1. The van der Waals surface area contributed by atoms with Crippen molar-refractivity contribution in [1.29, 1.82) is 0 Å². The van der Waals surface area contributed by atoms with E-state index in [9.17, 15) is 4.79 Å². The SMILES string of the molecule is C[C@@H](Oc1ccccc1)C(=O)Nc1ccc(Br)cc1Cl. The van der Waals surface area contributed by atoms with Crippen LogP contribution in [0.25, 0.3) is 0 Å². The number of halogens is 2. The predicted octanol–water partition coefficient (Wildman–Crippen LogP) is 4.51. The quantitative estimate of drug-likeness (QED) is 0.877. The Balaban J connectivity index is 2.01. The molecule has 0 saturated heterocycles. The van der Waals surface area contributed by atoms with E-state index in [1.54, 1.807) is 31.2 Å². The molecule has 0 aliphatic rings. The van der Waals surface area contributed by atoms with Gasteiger partial charge in [0.1, 0.15) is 5.75 Å². The Kier molecular flexibility index (Phi) is 5.04. The molecule has 20 heavy (non-hydrogen) atoms. The van der Waals surface area contributed by atoms with Crippen LogP contribution in [0, 0.1) is 0 Å². The molecule has 1 N–H and O–H groups in total. The van der Waals surface area contributed by atoms with E-state index in [0.717, 1.165) is 4.47 Å². The largest absolute Gasteiger partial charge is 0.481 e. The van der Waals surface area contributed by atoms with Crippen LogP contribution in [0.5, 0.6) is 5.75 Å². The first kappa shape index (κ1) is 14.9. The highest BCUT2D eigenvalue weighted by Crippen LogP contribution is 2.25. The van der Waals surface area contributed by atoms with Crippen LogP contribution in [-0.2, 0) is 4.79 Å². The van der Waals surface area contributed by atoms with E-state index in [1.807, 2.05) is 24.3 Å². The molecule has 0 fully saturated rings. The van der Waals surface area contributed by atoms with Crippen molar-refractivity contribution in [2.45, 2.75) is 13.0 Å². The number of nitrogens with one attached hydrogen (secondary N) is 1. The Bertz CT molecular complexity index is 604. The fraction of sp³-hybridized carbons (Fsp3) is 0.133. The van der Waals surface area contributed by atoms with Gasteiger partial charge in [0.2, 0.25) is 0 Å². The molecule has 5 heteroatoms. The van der Waals surface area contributed by atoms with E-state index in [4.69, 9.17) is 16.3 Å². The Labute approximate surface area is 131 Å². The summed E-state index contributed by atoms with van der Waals surface area (Å²) in [6.07, 6.45) is -0.614. The van der Waals surface area contributed by atoms with Gasteiger partial charge in [-0.25, -0.2) is 0 Å². The zero-order valence-electron chi connectivity index (χ0n) is 10.8. The van der Waals surface area contributed by atoms with Gasteiger partial charge >= 0.3 is 0 Å². The summed E-state index contributed by atoms with van der Waals surface area (Å²) >= 11 is 9.37. The highest BCUT2D eigenvalue weighted by atomic mass is 79.9. The average Bonchev–Trinajstić information content (AvgIpc) is 2.43. The molecule has 0 bridgehead atoms. The summed E-state index contributed by atoms with van der Waals surface area (Å²) in [5, 5.41) is 3.21. The number of carbonyl (C=O) groups excluding carboxylic acids is 1. The van der Waals surface area contributed by atoms with Gasteiger partial charge in [-0.05, 0) is 37.3 Å². The maximum atomic E-state index is 12.0. The lowest BCUT2D eigenvalue weighted by atomic mass is 10.3. The minimum absolute atomic E-state index is 0.252. The number of hydrogen-bond acceptors (Lipinski definition) is 2. The zero-order chi connectivity index (χ0) is 14.5. The summed E-state index contributed by atoms with van der Waals surface area (Å²) in [5.74, 6) is 0.398. The second-order valence-corrected chi connectivity index (χ2v) is 5.51. The molecule has 2 rings (SSSR count). The summed E-state index contributed by atoms with van der Waals surface area (Å²) < 4.78 is 6.40. The van der Waals surface area contributed by atoms with Gasteiger partial charge in [-0.2, -0.15) is 0 Å². The Morgan fingerprint density at radius 2 is 1.95 bits per heavy atom. The molecule has 1 atom stereocenters. The second-order valence-electron chi connectivity index (χ2n) is 4.19. The van der Waals surface area contributed by atoms with Crippen molar-refractivity contribution in [3.63, 3.8) is 0 Å². The van der Waals surface area contributed by atoms with E-state index in [0.29, 0.717) is 16.5 Å². The third-order valence-corrected chi connectivity index (χ3v) is 3.42. The fourth-order valence-electron chi connectivity index (χ4n) is 1.58. The van der Waals surface area contributed by atoms with Crippen molar-refractivity contribution < 1.29 is 9.53 Å². The van der Waals surface area contributed by atoms with Crippen molar-refractivity contribution in [1.82, 2.24) is 0 Å². The molecule has 3 nitrogen and oxygen atoms in total.